The van der Waals surface area contributed by atoms with Gasteiger partial charge in [0, 0.05) is 51.6 Å². The molecule has 1 unspecified atom stereocenters. The molecule has 25 heavy (non-hydrogen) atoms. The Labute approximate surface area is 150 Å². The molecule has 2 heterocycles. The fraction of sp³-hybridized carbons (Fsp3) is 0.833. The largest absolute Gasteiger partial charge is 0.355 e. The number of guanidine groups is 1. The number of amides is 2. The van der Waals surface area contributed by atoms with E-state index in [1.165, 1.54) is 25.7 Å². The van der Waals surface area contributed by atoms with Crippen molar-refractivity contribution in [3.63, 3.8) is 0 Å². The van der Waals surface area contributed by atoms with Gasteiger partial charge in [-0.15, -0.1) is 0 Å². The van der Waals surface area contributed by atoms with Crippen molar-refractivity contribution in [2.24, 2.45) is 10.4 Å². The van der Waals surface area contributed by atoms with Crippen LogP contribution in [0.25, 0.3) is 0 Å². The van der Waals surface area contributed by atoms with Gasteiger partial charge in [-0.1, -0.05) is 12.8 Å². The molecule has 2 aliphatic heterocycles. The topological polar surface area (TPSA) is 77.0 Å². The quantitative estimate of drug-likeness (QED) is 0.577. The number of carbonyl (C=O) groups excluding carboxylic acids is 2. The average molecular weight is 349 g/mol. The lowest BCUT2D eigenvalue weighted by molar-refractivity contribution is -0.127. The summed E-state index contributed by atoms with van der Waals surface area (Å²) in [5, 5.41) is 6.59. The van der Waals surface area contributed by atoms with E-state index in [4.69, 9.17) is 0 Å². The molecule has 0 aromatic rings. The van der Waals surface area contributed by atoms with Crippen molar-refractivity contribution in [3.05, 3.63) is 0 Å². The van der Waals surface area contributed by atoms with Gasteiger partial charge in [0.1, 0.15) is 6.54 Å². The van der Waals surface area contributed by atoms with Gasteiger partial charge in [-0.2, -0.15) is 0 Å². The zero-order valence-electron chi connectivity index (χ0n) is 15.5. The van der Waals surface area contributed by atoms with Crippen LogP contribution >= 0.6 is 0 Å². The Morgan fingerprint density at radius 3 is 2.76 bits per heavy atom. The number of hydrogen-bond acceptors (Lipinski definition) is 3. The second kappa shape index (κ2) is 7.62. The summed E-state index contributed by atoms with van der Waals surface area (Å²) >= 11 is 0. The van der Waals surface area contributed by atoms with Crippen LogP contribution in [0.2, 0.25) is 0 Å². The van der Waals surface area contributed by atoms with Crippen LogP contribution in [0.4, 0.5) is 0 Å². The van der Waals surface area contributed by atoms with Gasteiger partial charge in [0.15, 0.2) is 5.96 Å². The Bertz CT molecular complexity index is 542. The first-order valence-electron chi connectivity index (χ1n) is 9.50. The molecule has 3 rings (SSSR count). The number of aliphatic imine (C=N–C) groups is 1. The third-order valence-electron chi connectivity index (χ3n) is 5.71. The molecule has 140 valence electrons. The van der Waals surface area contributed by atoms with Crippen LogP contribution in [0.15, 0.2) is 4.99 Å². The number of rotatable bonds is 3. The lowest BCUT2D eigenvalue weighted by Crippen LogP contribution is -2.53. The summed E-state index contributed by atoms with van der Waals surface area (Å²) in [7, 11) is 3.52. The minimum absolute atomic E-state index is 0.00940. The maximum absolute atomic E-state index is 12.0. The number of nitrogens with one attached hydrogen (secondary N) is 2. The lowest BCUT2D eigenvalue weighted by atomic mass is 9.79. The second-order valence-electron chi connectivity index (χ2n) is 8.03. The summed E-state index contributed by atoms with van der Waals surface area (Å²) in [6.07, 6.45) is 7.58. The maximum atomic E-state index is 12.0. The number of carbonyl (C=O) groups is 2. The second-order valence-corrected chi connectivity index (χ2v) is 8.03. The molecule has 0 radical (unpaired) electrons. The number of nitrogens with zero attached hydrogens (tertiary/aromatic N) is 3. The molecule has 7 nitrogen and oxygen atoms in total. The van der Waals surface area contributed by atoms with Crippen LogP contribution in [-0.4, -0.2) is 73.9 Å². The minimum Gasteiger partial charge on any atom is -0.355 e. The van der Waals surface area contributed by atoms with Gasteiger partial charge in [-0.3, -0.25) is 9.59 Å². The van der Waals surface area contributed by atoms with Crippen LogP contribution in [0.5, 0.6) is 0 Å². The first-order valence-corrected chi connectivity index (χ1v) is 9.50. The predicted molar refractivity (Wildman–Crippen MR) is 97.3 cm³/mol. The van der Waals surface area contributed by atoms with Crippen LogP contribution in [-0.2, 0) is 9.59 Å². The highest BCUT2D eigenvalue weighted by Crippen LogP contribution is 2.36. The zero-order chi connectivity index (χ0) is 17.9. The van der Waals surface area contributed by atoms with Gasteiger partial charge in [0.2, 0.25) is 11.8 Å². The van der Waals surface area contributed by atoms with Crippen molar-refractivity contribution in [2.75, 3.05) is 40.3 Å². The average Bonchev–Trinajstić information content (AvgIpc) is 3.21. The first kappa shape index (κ1) is 18.0. The third-order valence-corrected chi connectivity index (χ3v) is 5.71. The molecule has 0 aromatic heterocycles. The fourth-order valence-corrected chi connectivity index (χ4v) is 4.20. The van der Waals surface area contributed by atoms with Crippen molar-refractivity contribution in [1.82, 2.24) is 20.4 Å². The molecule has 0 aromatic carbocycles. The molecule has 1 saturated carbocycles. The van der Waals surface area contributed by atoms with Gasteiger partial charge < -0.3 is 20.4 Å². The summed E-state index contributed by atoms with van der Waals surface area (Å²) in [6, 6.07) is 0.453. The van der Waals surface area contributed by atoms with Crippen LogP contribution in [0, 0.1) is 5.41 Å². The number of piperidine rings is 1. The van der Waals surface area contributed by atoms with Crippen molar-refractivity contribution in [3.8, 4) is 0 Å². The Balaban J connectivity index is 1.71. The van der Waals surface area contributed by atoms with Crippen molar-refractivity contribution in [1.29, 1.82) is 0 Å². The first-order chi connectivity index (χ1) is 12.0. The van der Waals surface area contributed by atoms with E-state index in [-0.39, 0.29) is 23.8 Å². The smallest absolute Gasteiger partial charge is 0.243 e. The standard InChI is InChI=1S/C18H31N5O2/c1-22(2)16(25)11-19-17(21-14-6-3-4-7-14)23-9-5-8-18(13-23)10-15(24)20-12-18/h14H,3-13H2,1-2H3,(H,19,21)(H,20,24). The number of likely N-dealkylation sites (tertiary alicyclic amines) is 1. The van der Waals surface area contributed by atoms with Crippen molar-refractivity contribution >= 4 is 17.8 Å². The van der Waals surface area contributed by atoms with Gasteiger partial charge >= 0.3 is 0 Å². The Kier molecular flexibility index (Phi) is 5.49. The minimum atomic E-state index is 0.00940. The van der Waals surface area contributed by atoms with E-state index >= 15 is 0 Å². The van der Waals surface area contributed by atoms with E-state index in [1.807, 2.05) is 0 Å². The summed E-state index contributed by atoms with van der Waals surface area (Å²) in [5.74, 6) is 1.02. The summed E-state index contributed by atoms with van der Waals surface area (Å²) < 4.78 is 0. The normalized spacial score (nSPS) is 27.7. The molecular formula is C18H31N5O2. The van der Waals surface area contributed by atoms with E-state index < -0.39 is 0 Å². The van der Waals surface area contributed by atoms with E-state index in [1.54, 1.807) is 19.0 Å². The molecular weight excluding hydrogens is 318 g/mol. The molecule has 3 fully saturated rings. The fourth-order valence-electron chi connectivity index (χ4n) is 4.20. The number of likely N-dealkylation sites (N-methyl/N-ethyl adjacent to an activating group) is 1. The van der Waals surface area contributed by atoms with E-state index in [9.17, 15) is 9.59 Å². The SMILES string of the molecule is CN(C)C(=O)CN=C(NC1CCCC1)N1CCCC2(CNC(=O)C2)C1. The van der Waals surface area contributed by atoms with E-state index in [2.05, 4.69) is 20.5 Å². The monoisotopic (exact) mass is 349 g/mol. The van der Waals surface area contributed by atoms with Crippen LogP contribution < -0.4 is 10.6 Å². The summed E-state index contributed by atoms with van der Waals surface area (Å²) in [5.41, 5.74) is 0.0268. The van der Waals surface area contributed by atoms with Gasteiger partial charge in [-0.25, -0.2) is 4.99 Å². The third kappa shape index (κ3) is 4.44. The lowest BCUT2D eigenvalue weighted by Gasteiger charge is -2.41. The molecule has 2 saturated heterocycles. The Morgan fingerprint density at radius 2 is 2.12 bits per heavy atom. The highest BCUT2D eigenvalue weighted by atomic mass is 16.2. The molecule has 3 aliphatic rings. The predicted octanol–water partition coefficient (Wildman–Crippen LogP) is 0.565. The van der Waals surface area contributed by atoms with E-state index in [0.717, 1.165) is 38.4 Å². The molecule has 1 spiro atoms. The van der Waals surface area contributed by atoms with Crippen molar-refractivity contribution in [2.45, 2.75) is 51.0 Å². The molecule has 2 N–H and O–H groups in total. The summed E-state index contributed by atoms with van der Waals surface area (Å²) in [4.78, 5) is 32.2. The number of hydrogen-bond donors (Lipinski definition) is 2. The molecule has 7 heteroatoms. The van der Waals surface area contributed by atoms with E-state index in [0.29, 0.717) is 12.5 Å². The molecule has 0 bridgehead atoms. The zero-order valence-corrected chi connectivity index (χ0v) is 15.5. The van der Waals surface area contributed by atoms with Gasteiger partial charge in [-0.05, 0) is 25.7 Å². The van der Waals surface area contributed by atoms with Crippen LogP contribution in [0.3, 0.4) is 0 Å². The highest BCUT2D eigenvalue weighted by molar-refractivity contribution is 5.85. The van der Waals surface area contributed by atoms with Gasteiger partial charge in [0.25, 0.3) is 0 Å². The molecule has 1 aliphatic carbocycles. The molecule has 1 atom stereocenters. The van der Waals surface area contributed by atoms with Crippen molar-refractivity contribution < 1.29 is 9.59 Å². The van der Waals surface area contributed by atoms with Crippen LogP contribution in [0.1, 0.15) is 44.9 Å². The van der Waals surface area contributed by atoms with Gasteiger partial charge in [0.05, 0.1) is 0 Å². The summed E-state index contributed by atoms with van der Waals surface area (Å²) in [6.45, 7) is 2.70. The Hall–Kier alpha value is -1.79. The maximum Gasteiger partial charge on any atom is 0.243 e. The Morgan fingerprint density at radius 1 is 1.36 bits per heavy atom. The highest BCUT2D eigenvalue weighted by Gasteiger charge is 2.42. The molecule has 2 amide bonds.